The predicted molar refractivity (Wildman–Crippen MR) is 136 cm³/mol. The van der Waals surface area contributed by atoms with Gasteiger partial charge >= 0.3 is 6.18 Å². The Kier molecular flexibility index (Phi) is 7.05. The highest BCUT2D eigenvalue weighted by molar-refractivity contribution is 7.89. The van der Waals surface area contributed by atoms with E-state index >= 15 is 0 Å². The van der Waals surface area contributed by atoms with Crippen LogP contribution in [0.5, 0.6) is 0 Å². The largest absolute Gasteiger partial charge is 0.390 e. The minimum Gasteiger partial charge on any atom is -0.293 e. The fourth-order valence-electron chi connectivity index (χ4n) is 4.78. The third-order valence-electron chi connectivity index (χ3n) is 6.72. The Morgan fingerprint density at radius 3 is 2.50 bits per heavy atom. The Labute approximate surface area is 221 Å². The van der Waals surface area contributed by atoms with Crippen LogP contribution in [0.1, 0.15) is 28.6 Å². The topological polar surface area (TPSA) is 71.3 Å². The van der Waals surface area contributed by atoms with Gasteiger partial charge in [0.05, 0.1) is 28.8 Å². The maximum Gasteiger partial charge on any atom is 0.390 e. The number of aryl methyl sites for hydroxylation is 2. The predicted octanol–water partition coefficient (Wildman–Crippen LogP) is 5.24. The van der Waals surface area contributed by atoms with E-state index in [1.54, 1.807) is 34.8 Å². The van der Waals surface area contributed by atoms with Crippen molar-refractivity contribution in [1.29, 1.82) is 0 Å². The second-order valence-corrected chi connectivity index (χ2v) is 12.2. The van der Waals surface area contributed by atoms with E-state index < -0.39 is 28.7 Å². The van der Waals surface area contributed by atoms with Crippen LogP contribution in [-0.4, -0.2) is 64.7 Å². The van der Waals surface area contributed by atoms with Crippen LogP contribution in [0.3, 0.4) is 0 Å². The highest BCUT2D eigenvalue weighted by Gasteiger charge is 2.38. The molecule has 38 heavy (non-hydrogen) atoms. The summed E-state index contributed by atoms with van der Waals surface area (Å²) in [6.07, 6.45) is -3.69. The van der Waals surface area contributed by atoms with E-state index in [1.807, 2.05) is 19.1 Å². The number of sulfonamides is 1. The molecule has 1 atom stereocenters. The van der Waals surface area contributed by atoms with E-state index in [0.717, 1.165) is 22.0 Å². The number of fused-ring (bicyclic) bond motifs is 1. The zero-order valence-electron chi connectivity index (χ0n) is 20.6. The van der Waals surface area contributed by atoms with Gasteiger partial charge in [0.2, 0.25) is 0 Å². The molecule has 13 heteroatoms. The molecule has 1 fully saturated rings. The summed E-state index contributed by atoms with van der Waals surface area (Å²) < 4.78 is 82.4. The Morgan fingerprint density at radius 2 is 1.84 bits per heavy atom. The number of piperazine rings is 1. The van der Waals surface area contributed by atoms with Crippen molar-refractivity contribution in [2.75, 3.05) is 26.2 Å². The normalized spacial score (nSPS) is 17.9. The number of nitrogens with zero attached hydrogens (tertiary/aromatic N) is 5. The summed E-state index contributed by atoms with van der Waals surface area (Å²) in [6, 6.07) is 9.01. The van der Waals surface area contributed by atoms with Crippen LogP contribution in [0.4, 0.5) is 17.6 Å². The number of benzene rings is 2. The molecule has 2 aromatic heterocycles. The molecule has 0 radical (unpaired) electrons. The first-order chi connectivity index (χ1) is 17.9. The van der Waals surface area contributed by atoms with Gasteiger partial charge < -0.3 is 0 Å². The lowest BCUT2D eigenvalue weighted by atomic mass is 9.96. The maximum atomic E-state index is 13.4. The summed E-state index contributed by atoms with van der Waals surface area (Å²) in [7, 11) is -3.90. The molecule has 1 aliphatic rings. The first-order valence-corrected chi connectivity index (χ1v) is 14.2. The zero-order chi connectivity index (χ0) is 27.2. The number of alkyl halides is 3. The quantitative estimate of drug-likeness (QED) is 0.298. The van der Waals surface area contributed by atoms with Gasteiger partial charge in [0, 0.05) is 43.0 Å². The first kappa shape index (κ1) is 26.7. The number of hydrogen-bond acceptors (Lipinski definition) is 6. The molecule has 0 saturated carbocycles. The Morgan fingerprint density at radius 1 is 1.11 bits per heavy atom. The van der Waals surface area contributed by atoms with Crippen LogP contribution in [0.15, 0.2) is 53.0 Å². The van der Waals surface area contributed by atoms with E-state index in [1.165, 1.54) is 33.2 Å². The molecule has 1 saturated heterocycles. The number of aromatic nitrogens is 3. The molecule has 4 aromatic rings. The molecule has 0 amide bonds. The average molecular weight is 568 g/mol. The molecule has 1 unspecified atom stereocenters. The van der Waals surface area contributed by atoms with Gasteiger partial charge in [-0.25, -0.2) is 22.5 Å². The average Bonchev–Trinajstić information content (AvgIpc) is 3.48. The minimum atomic E-state index is -4.33. The van der Waals surface area contributed by atoms with E-state index in [2.05, 4.69) is 10.1 Å². The number of thiazole rings is 1. The standard InChI is InChI=1S/C25H25F4N5O2S2/c1-16-11-22-18(13-30-34(22)20-5-3-19(26)4-6-20)12-21(16)23-14-33(10-9-32(23)8-7-25(27,28)29)38(35,36)24-15-37-17(2)31-24/h3-6,11-13,15,23H,7-10,14H2,1-2H3. The van der Waals surface area contributed by atoms with Crippen LogP contribution in [0.25, 0.3) is 16.6 Å². The third-order valence-corrected chi connectivity index (χ3v) is 9.40. The Bertz CT molecular complexity index is 1560. The molecule has 0 N–H and O–H groups in total. The summed E-state index contributed by atoms with van der Waals surface area (Å²) in [5.74, 6) is -0.368. The molecule has 202 valence electrons. The molecular weight excluding hydrogens is 542 g/mol. The van der Waals surface area contributed by atoms with Gasteiger partial charge in [-0.1, -0.05) is 0 Å². The fourth-order valence-corrected chi connectivity index (χ4v) is 7.12. The van der Waals surface area contributed by atoms with Crippen molar-refractivity contribution in [3.63, 3.8) is 0 Å². The van der Waals surface area contributed by atoms with Gasteiger partial charge in [-0.05, 0) is 61.4 Å². The molecular formula is C25H25F4N5O2S2. The van der Waals surface area contributed by atoms with Gasteiger partial charge in [0.1, 0.15) is 5.82 Å². The van der Waals surface area contributed by atoms with Crippen molar-refractivity contribution in [1.82, 2.24) is 24.0 Å². The lowest BCUT2D eigenvalue weighted by Crippen LogP contribution is -2.51. The lowest BCUT2D eigenvalue weighted by Gasteiger charge is -2.41. The van der Waals surface area contributed by atoms with E-state index in [0.29, 0.717) is 10.7 Å². The summed E-state index contributed by atoms with van der Waals surface area (Å²) in [5.41, 5.74) is 2.92. The van der Waals surface area contributed by atoms with Crippen molar-refractivity contribution < 1.29 is 26.0 Å². The van der Waals surface area contributed by atoms with Crippen LogP contribution < -0.4 is 0 Å². The number of halogens is 4. The summed E-state index contributed by atoms with van der Waals surface area (Å²) in [4.78, 5) is 5.83. The monoisotopic (exact) mass is 567 g/mol. The van der Waals surface area contributed by atoms with Gasteiger partial charge in [0.25, 0.3) is 10.0 Å². The highest BCUT2D eigenvalue weighted by Crippen LogP contribution is 2.35. The zero-order valence-corrected chi connectivity index (χ0v) is 22.2. The van der Waals surface area contributed by atoms with Crippen molar-refractivity contribution in [2.24, 2.45) is 0 Å². The maximum absolute atomic E-state index is 13.4. The lowest BCUT2D eigenvalue weighted by molar-refractivity contribution is -0.140. The molecule has 2 aromatic carbocycles. The summed E-state index contributed by atoms with van der Waals surface area (Å²) in [5, 5.41) is 7.21. The van der Waals surface area contributed by atoms with Crippen molar-refractivity contribution in [2.45, 2.75) is 37.5 Å². The van der Waals surface area contributed by atoms with E-state index in [-0.39, 0.29) is 37.0 Å². The highest BCUT2D eigenvalue weighted by atomic mass is 32.2. The van der Waals surface area contributed by atoms with E-state index in [9.17, 15) is 26.0 Å². The van der Waals surface area contributed by atoms with Crippen LogP contribution in [-0.2, 0) is 10.0 Å². The first-order valence-electron chi connectivity index (χ1n) is 11.9. The Hall–Kier alpha value is -2.87. The van der Waals surface area contributed by atoms with Gasteiger partial charge in [0.15, 0.2) is 5.03 Å². The molecule has 7 nitrogen and oxygen atoms in total. The minimum absolute atomic E-state index is 0.00475. The van der Waals surface area contributed by atoms with Gasteiger partial charge in [-0.3, -0.25) is 4.90 Å². The molecule has 3 heterocycles. The summed E-state index contributed by atoms with van der Waals surface area (Å²) >= 11 is 1.23. The van der Waals surface area contributed by atoms with Crippen molar-refractivity contribution in [3.8, 4) is 5.69 Å². The molecule has 5 rings (SSSR count). The van der Waals surface area contributed by atoms with Crippen LogP contribution >= 0.6 is 11.3 Å². The second kappa shape index (κ2) is 10.0. The number of rotatable bonds is 6. The summed E-state index contributed by atoms with van der Waals surface area (Å²) in [6.45, 7) is 3.52. The van der Waals surface area contributed by atoms with E-state index in [4.69, 9.17) is 0 Å². The Balaban J connectivity index is 1.52. The molecule has 0 spiro atoms. The third kappa shape index (κ3) is 5.33. The molecule has 0 aliphatic carbocycles. The van der Waals surface area contributed by atoms with Crippen LogP contribution in [0, 0.1) is 19.7 Å². The fraction of sp³-hybridized carbons (Fsp3) is 0.360. The SMILES string of the molecule is Cc1nc(S(=O)(=O)N2CCN(CCC(F)(F)F)C(c3cc4cnn(-c5ccc(F)cc5)c4cc3C)C2)cs1. The van der Waals surface area contributed by atoms with Crippen LogP contribution in [0.2, 0.25) is 0 Å². The van der Waals surface area contributed by atoms with Crippen molar-refractivity contribution >= 4 is 32.3 Å². The second-order valence-electron chi connectivity index (χ2n) is 9.29. The van der Waals surface area contributed by atoms with Gasteiger partial charge in [-0.2, -0.15) is 22.6 Å². The van der Waals surface area contributed by atoms with Crippen molar-refractivity contribution in [3.05, 3.63) is 69.9 Å². The molecule has 1 aliphatic heterocycles. The number of hydrogen-bond donors (Lipinski definition) is 0. The van der Waals surface area contributed by atoms with Gasteiger partial charge in [-0.15, -0.1) is 11.3 Å². The smallest absolute Gasteiger partial charge is 0.293 e. The molecule has 0 bridgehead atoms.